The maximum absolute atomic E-state index is 10.4. The average Bonchev–Trinajstić information content (AvgIpc) is 1.84. The zero-order valence-corrected chi connectivity index (χ0v) is 7.42. The van der Waals surface area contributed by atoms with E-state index in [4.69, 9.17) is 0 Å². The highest BCUT2D eigenvalue weighted by atomic mass is 16.5. The first-order valence-electron chi connectivity index (χ1n) is 3.51. The highest BCUT2D eigenvalue weighted by molar-refractivity contribution is 5.67. The summed E-state index contributed by atoms with van der Waals surface area (Å²) in [5, 5.41) is 0. The molecule has 4 heteroatoms. The van der Waals surface area contributed by atoms with Crippen LogP contribution in [0.4, 0.5) is 0 Å². The molecule has 0 aromatic carbocycles. The fourth-order valence-corrected chi connectivity index (χ4v) is 0.545. The minimum atomic E-state index is -0.383. The SMILES string of the molecule is CC(=O)OC/C=C(\C)OC(C)=O. The number of allylic oxidation sites excluding steroid dienone is 1. The second-order valence-corrected chi connectivity index (χ2v) is 2.21. The molecule has 0 aliphatic carbocycles. The monoisotopic (exact) mass is 172 g/mol. The molecule has 0 spiro atoms. The van der Waals surface area contributed by atoms with Gasteiger partial charge in [-0.05, 0) is 13.0 Å². The lowest BCUT2D eigenvalue weighted by Gasteiger charge is -2.00. The van der Waals surface area contributed by atoms with Gasteiger partial charge in [0.2, 0.25) is 0 Å². The van der Waals surface area contributed by atoms with Crippen LogP contribution in [0.25, 0.3) is 0 Å². The van der Waals surface area contributed by atoms with Crippen molar-refractivity contribution in [2.24, 2.45) is 0 Å². The third kappa shape index (κ3) is 6.80. The molecule has 0 N–H and O–H groups in total. The van der Waals surface area contributed by atoms with E-state index in [1.54, 1.807) is 6.92 Å². The van der Waals surface area contributed by atoms with Crippen LogP contribution in [-0.4, -0.2) is 18.5 Å². The molecule has 12 heavy (non-hydrogen) atoms. The molecule has 0 unspecified atom stereocenters. The molecule has 0 rings (SSSR count). The average molecular weight is 172 g/mol. The first-order chi connectivity index (χ1) is 5.52. The predicted molar refractivity (Wildman–Crippen MR) is 42.2 cm³/mol. The Hall–Kier alpha value is -1.32. The largest absolute Gasteiger partial charge is 0.462 e. The fourth-order valence-electron chi connectivity index (χ4n) is 0.545. The highest BCUT2D eigenvalue weighted by Gasteiger charge is 1.95. The molecule has 0 radical (unpaired) electrons. The van der Waals surface area contributed by atoms with E-state index < -0.39 is 0 Å². The second kappa shape index (κ2) is 5.35. The maximum Gasteiger partial charge on any atom is 0.307 e. The van der Waals surface area contributed by atoms with E-state index in [1.807, 2.05) is 0 Å². The molecule has 0 aliphatic heterocycles. The van der Waals surface area contributed by atoms with Crippen molar-refractivity contribution in [2.75, 3.05) is 6.61 Å². The maximum atomic E-state index is 10.4. The number of hydrogen-bond donors (Lipinski definition) is 0. The predicted octanol–water partition coefficient (Wildman–Crippen LogP) is 1.02. The van der Waals surface area contributed by atoms with Crippen LogP contribution < -0.4 is 0 Å². The van der Waals surface area contributed by atoms with Crippen molar-refractivity contribution in [3.63, 3.8) is 0 Å². The minimum absolute atomic E-state index is 0.133. The van der Waals surface area contributed by atoms with E-state index in [0.29, 0.717) is 5.76 Å². The normalized spacial score (nSPS) is 10.8. The Morgan fingerprint density at radius 1 is 1.17 bits per heavy atom. The lowest BCUT2D eigenvalue weighted by atomic mass is 10.5. The number of hydrogen-bond acceptors (Lipinski definition) is 4. The van der Waals surface area contributed by atoms with Gasteiger partial charge in [-0.3, -0.25) is 9.59 Å². The highest BCUT2D eigenvalue weighted by Crippen LogP contribution is 1.95. The summed E-state index contributed by atoms with van der Waals surface area (Å²) in [6.45, 7) is 4.37. The van der Waals surface area contributed by atoms with Gasteiger partial charge < -0.3 is 9.47 Å². The van der Waals surface area contributed by atoms with Crippen LogP contribution in [0, 0.1) is 0 Å². The Morgan fingerprint density at radius 3 is 2.17 bits per heavy atom. The first-order valence-corrected chi connectivity index (χ1v) is 3.51. The van der Waals surface area contributed by atoms with Crippen LogP contribution in [0.1, 0.15) is 20.8 Å². The van der Waals surface area contributed by atoms with Crippen molar-refractivity contribution in [1.82, 2.24) is 0 Å². The third-order valence-corrected chi connectivity index (χ3v) is 0.962. The molecule has 0 amide bonds. The van der Waals surface area contributed by atoms with Gasteiger partial charge in [-0.15, -0.1) is 0 Å². The summed E-state index contributed by atoms with van der Waals surface area (Å²) in [7, 11) is 0. The lowest BCUT2D eigenvalue weighted by molar-refractivity contribution is -0.139. The minimum Gasteiger partial charge on any atom is -0.462 e. The van der Waals surface area contributed by atoms with E-state index in [9.17, 15) is 9.59 Å². The van der Waals surface area contributed by atoms with E-state index in [-0.39, 0.29) is 18.5 Å². The smallest absolute Gasteiger partial charge is 0.307 e. The molecule has 0 saturated heterocycles. The molecule has 4 nitrogen and oxygen atoms in total. The summed E-state index contributed by atoms with van der Waals surface area (Å²) < 4.78 is 9.25. The zero-order chi connectivity index (χ0) is 9.56. The molecule has 0 aliphatic rings. The van der Waals surface area contributed by atoms with Crippen LogP contribution in [0.3, 0.4) is 0 Å². The van der Waals surface area contributed by atoms with Crippen molar-refractivity contribution in [3.8, 4) is 0 Å². The van der Waals surface area contributed by atoms with Crippen molar-refractivity contribution in [1.29, 1.82) is 0 Å². The molecule has 0 atom stereocenters. The van der Waals surface area contributed by atoms with Gasteiger partial charge in [0, 0.05) is 13.8 Å². The van der Waals surface area contributed by atoms with Crippen LogP contribution in [0.5, 0.6) is 0 Å². The topological polar surface area (TPSA) is 52.6 Å². The number of esters is 2. The van der Waals surface area contributed by atoms with Gasteiger partial charge >= 0.3 is 11.9 Å². The molecular weight excluding hydrogens is 160 g/mol. The number of carbonyl (C=O) groups is 2. The van der Waals surface area contributed by atoms with Crippen LogP contribution in [0.2, 0.25) is 0 Å². The Bertz CT molecular complexity index is 205. The van der Waals surface area contributed by atoms with Gasteiger partial charge in [-0.25, -0.2) is 0 Å². The molecule has 0 saturated carbocycles. The Kier molecular flexibility index (Phi) is 4.76. The van der Waals surface area contributed by atoms with Gasteiger partial charge in [0.25, 0.3) is 0 Å². The van der Waals surface area contributed by atoms with Gasteiger partial charge in [0.05, 0.1) is 0 Å². The van der Waals surface area contributed by atoms with Crippen molar-refractivity contribution in [2.45, 2.75) is 20.8 Å². The summed E-state index contributed by atoms with van der Waals surface area (Å²) in [5.74, 6) is -0.308. The summed E-state index contributed by atoms with van der Waals surface area (Å²) in [6, 6.07) is 0. The summed E-state index contributed by atoms with van der Waals surface area (Å²) in [4.78, 5) is 20.7. The Labute approximate surface area is 71.2 Å². The van der Waals surface area contributed by atoms with Crippen LogP contribution in [0.15, 0.2) is 11.8 Å². The van der Waals surface area contributed by atoms with Crippen molar-refractivity contribution >= 4 is 11.9 Å². The standard InChI is InChI=1S/C8H12O4/c1-6(12-8(3)10)4-5-11-7(2)9/h4H,5H2,1-3H3/b6-4+. The molecular formula is C8H12O4. The van der Waals surface area contributed by atoms with Crippen molar-refractivity contribution < 1.29 is 19.1 Å². The van der Waals surface area contributed by atoms with E-state index in [0.717, 1.165) is 0 Å². The number of ether oxygens (including phenoxy) is 2. The molecule has 0 aromatic rings. The summed E-state index contributed by atoms with van der Waals surface area (Å²) in [5.41, 5.74) is 0. The quantitative estimate of drug-likeness (QED) is 0.471. The third-order valence-electron chi connectivity index (χ3n) is 0.962. The number of rotatable bonds is 3. The number of carbonyl (C=O) groups excluding carboxylic acids is 2. The van der Waals surface area contributed by atoms with Gasteiger partial charge in [0.15, 0.2) is 0 Å². The van der Waals surface area contributed by atoms with Gasteiger partial charge in [-0.1, -0.05) is 0 Å². The Balaban J connectivity index is 3.69. The summed E-state index contributed by atoms with van der Waals surface area (Å²) in [6.07, 6.45) is 1.52. The Morgan fingerprint density at radius 2 is 1.75 bits per heavy atom. The van der Waals surface area contributed by atoms with E-state index >= 15 is 0 Å². The fraction of sp³-hybridized carbons (Fsp3) is 0.500. The van der Waals surface area contributed by atoms with Crippen molar-refractivity contribution in [3.05, 3.63) is 11.8 Å². The first kappa shape index (κ1) is 10.7. The zero-order valence-electron chi connectivity index (χ0n) is 7.42. The second-order valence-electron chi connectivity index (χ2n) is 2.21. The van der Waals surface area contributed by atoms with E-state index in [1.165, 1.54) is 19.9 Å². The molecule has 0 heterocycles. The van der Waals surface area contributed by atoms with Gasteiger partial charge in [-0.2, -0.15) is 0 Å². The molecule has 68 valence electrons. The van der Waals surface area contributed by atoms with Crippen LogP contribution >= 0.6 is 0 Å². The molecule has 0 aromatic heterocycles. The lowest BCUT2D eigenvalue weighted by Crippen LogP contribution is -2.01. The van der Waals surface area contributed by atoms with E-state index in [2.05, 4.69) is 9.47 Å². The van der Waals surface area contributed by atoms with Crippen LogP contribution in [-0.2, 0) is 19.1 Å². The summed E-state index contributed by atoms with van der Waals surface area (Å²) >= 11 is 0. The molecule has 0 bridgehead atoms. The molecule has 0 fully saturated rings. The van der Waals surface area contributed by atoms with Gasteiger partial charge in [0.1, 0.15) is 12.4 Å².